The van der Waals surface area contributed by atoms with Gasteiger partial charge in [0.05, 0.1) is 24.9 Å². The van der Waals surface area contributed by atoms with Crippen LogP contribution in [-0.4, -0.2) is 83.2 Å². The number of aliphatic hydroxyl groups is 3. The van der Waals surface area contributed by atoms with Crippen molar-refractivity contribution in [3.63, 3.8) is 0 Å². The van der Waals surface area contributed by atoms with Crippen molar-refractivity contribution in [2.45, 2.75) is 37.3 Å². The number of carbonyl (C=O) groups excluding carboxylic acids is 1. The summed E-state index contributed by atoms with van der Waals surface area (Å²) in [5.74, 6) is -2.40. The van der Waals surface area contributed by atoms with E-state index in [0.717, 1.165) is 0 Å². The quantitative estimate of drug-likeness (QED) is 0.353. The van der Waals surface area contributed by atoms with Gasteiger partial charge >= 0.3 is 5.97 Å². The monoisotopic (exact) mass is 419 g/mol. The van der Waals surface area contributed by atoms with Gasteiger partial charge in [0.25, 0.3) is 0 Å². The lowest BCUT2D eigenvalue weighted by Gasteiger charge is -2.39. The first-order valence-corrected chi connectivity index (χ1v) is 9.00. The molecule has 0 radical (unpaired) electrons. The highest BCUT2D eigenvalue weighted by atomic mass is 16.5. The van der Waals surface area contributed by atoms with Gasteiger partial charge in [-0.05, 0) is 18.2 Å². The van der Waals surface area contributed by atoms with Crippen LogP contribution in [0.5, 0.6) is 0 Å². The SMILES string of the molecule is CC(=O)N[C@H]1[C@H]([C@H](O)[C@H](O)CO)OC(C(=O)O)=C[C@@H]1n1cc(-c2cccnc2)nn1. The van der Waals surface area contributed by atoms with Gasteiger partial charge in [-0.25, -0.2) is 9.48 Å². The Kier molecular flexibility index (Phi) is 6.40. The van der Waals surface area contributed by atoms with Gasteiger partial charge in [0, 0.05) is 24.9 Å². The van der Waals surface area contributed by atoms with Crippen LogP contribution in [0.15, 0.2) is 42.6 Å². The second kappa shape index (κ2) is 8.98. The molecule has 0 unspecified atom stereocenters. The van der Waals surface area contributed by atoms with Crippen molar-refractivity contribution in [3.05, 3.63) is 42.6 Å². The summed E-state index contributed by atoms with van der Waals surface area (Å²) in [4.78, 5) is 27.4. The number of carboxylic acid groups (broad SMARTS) is 1. The minimum Gasteiger partial charge on any atom is -0.478 e. The third kappa shape index (κ3) is 4.45. The number of nitrogens with one attached hydrogen (secondary N) is 1. The summed E-state index contributed by atoms with van der Waals surface area (Å²) < 4.78 is 6.66. The lowest BCUT2D eigenvalue weighted by molar-refractivity contribution is -0.147. The first kappa shape index (κ1) is 21.4. The highest BCUT2D eigenvalue weighted by molar-refractivity contribution is 5.84. The lowest BCUT2D eigenvalue weighted by atomic mass is 9.92. The number of hydrogen-bond donors (Lipinski definition) is 5. The first-order chi connectivity index (χ1) is 14.3. The van der Waals surface area contributed by atoms with E-state index in [0.29, 0.717) is 11.3 Å². The van der Waals surface area contributed by atoms with E-state index in [-0.39, 0.29) is 0 Å². The molecule has 0 spiro atoms. The molecule has 1 aliphatic heterocycles. The van der Waals surface area contributed by atoms with Gasteiger partial charge < -0.3 is 30.5 Å². The average Bonchev–Trinajstić information content (AvgIpc) is 3.23. The molecule has 0 bridgehead atoms. The number of aromatic nitrogens is 4. The van der Waals surface area contributed by atoms with Gasteiger partial charge in [0.2, 0.25) is 11.7 Å². The normalized spacial score (nSPS) is 23.1. The molecule has 0 aromatic carbocycles. The van der Waals surface area contributed by atoms with E-state index >= 15 is 0 Å². The minimum absolute atomic E-state index is 0.453. The number of nitrogens with zero attached hydrogens (tertiary/aromatic N) is 4. The Bertz CT molecular complexity index is 932. The summed E-state index contributed by atoms with van der Waals surface area (Å²) in [6.45, 7) is 0.445. The van der Waals surface area contributed by atoms with Gasteiger partial charge in [-0.1, -0.05) is 5.21 Å². The molecule has 2 aromatic heterocycles. The maximum atomic E-state index is 11.8. The molecule has 0 saturated carbocycles. The standard InChI is InChI=1S/C18H21N5O7/c1-9(25)20-15-12(23-7-11(21-22-23)10-3-2-4-19-6-10)5-14(18(28)29)30-17(15)16(27)13(26)8-24/h2-7,12-13,15-17,24,26-27H,8H2,1H3,(H,20,25)(H,28,29)/t12-,13+,15+,16+,17+/m0/s1. The molecule has 0 saturated heterocycles. The minimum atomic E-state index is -1.70. The van der Waals surface area contributed by atoms with Gasteiger partial charge in [-0.2, -0.15) is 0 Å². The van der Waals surface area contributed by atoms with Gasteiger partial charge in [-0.3, -0.25) is 9.78 Å². The number of rotatable bonds is 7. The molecular formula is C18H21N5O7. The molecule has 0 aliphatic carbocycles. The first-order valence-electron chi connectivity index (χ1n) is 9.00. The van der Waals surface area contributed by atoms with Crippen molar-refractivity contribution < 1.29 is 34.8 Å². The lowest BCUT2D eigenvalue weighted by Crippen LogP contribution is -2.58. The van der Waals surface area contributed by atoms with E-state index in [2.05, 4.69) is 20.6 Å². The van der Waals surface area contributed by atoms with E-state index in [4.69, 9.17) is 4.74 Å². The Morgan fingerprint density at radius 1 is 1.37 bits per heavy atom. The molecule has 3 rings (SSSR count). The third-order valence-corrected chi connectivity index (χ3v) is 4.58. The van der Waals surface area contributed by atoms with E-state index < -0.39 is 54.6 Å². The van der Waals surface area contributed by atoms with Crippen molar-refractivity contribution in [3.8, 4) is 11.3 Å². The average molecular weight is 419 g/mol. The zero-order chi connectivity index (χ0) is 21.8. The van der Waals surface area contributed by atoms with E-state index in [1.807, 2.05) is 0 Å². The van der Waals surface area contributed by atoms with Crippen molar-refractivity contribution in [2.75, 3.05) is 6.61 Å². The molecular weight excluding hydrogens is 398 g/mol. The van der Waals surface area contributed by atoms with Gasteiger partial charge in [0.15, 0.2) is 0 Å². The van der Waals surface area contributed by atoms with Gasteiger partial charge in [0.1, 0.15) is 24.0 Å². The van der Waals surface area contributed by atoms with Crippen LogP contribution in [0.2, 0.25) is 0 Å². The third-order valence-electron chi connectivity index (χ3n) is 4.58. The molecule has 3 heterocycles. The van der Waals surface area contributed by atoms with Crippen LogP contribution in [0.1, 0.15) is 13.0 Å². The fourth-order valence-corrected chi connectivity index (χ4v) is 3.16. The van der Waals surface area contributed by atoms with Crippen molar-refractivity contribution in [1.29, 1.82) is 0 Å². The largest absolute Gasteiger partial charge is 0.478 e. The Morgan fingerprint density at radius 2 is 2.13 bits per heavy atom. The fraction of sp³-hybridized carbons (Fsp3) is 0.389. The number of carboxylic acids is 1. The molecule has 1 amide bonds. The van der Waals surface area contributed by atoms with E-state index in [9.17, 15) is 30.0 Å². The van der Waals surface area contributed by atoms with Crippen LogP contribution in [0, 0.1) is 0 Å². The molecule has 12 heteroatoms. The Hall–Kier alpha value is -3.35. The maximum Gasteiger partial charge on any atom is 0.370 e. The highest BCUT2D eigenvalue weighted by Crippen LogP contribution is 2.30. The summed E-state index contributed by atoms with van der Waals surface area (Å²) >= 11 is 0. The summed E-state index contributed by atoms with van der Waals surface area (Å²) in [7, 11) is 0. The number of hydrogen-bond acceptors (Lipinski definition) is 9. The number of pyridine rings is 1. The Balaban J connectivity index is 2.04. The predicted octanol–water partition coefficient (Wildman–Crippen LogP) is -1.53. The smallest absolute Gasteiger partial charge is 0.370 e. The van der Waals surface area contributed by atoms with Crippen LogP contribution in [0.25, 0.3) is 11.3 Å². The summed E-state index contributed by atoms with van der Waals surface area (Å²) in [6, 6.07) is 1.54. The van der Waals surface area contributed by atoms with E-state index in [1.165, 1.54) is 23.9 Å². The summed E-state index contributed by atoms with van der Waals surface area (Å²) in [5.41, 5.74) is 1.12. The van der Waals surface area contributed by atoms with E-state index in [1.54, 1.807) is 24.5 Å². The number of aliphatic carboxylic acids is 1. The topological polar surface area (TPSA) is 180 Å². The highest BCUT2D eigenvalue weighted by Gasteiger charge is 2.44. The number of aliphatic hydroxyl groups excluding tert-OH is 3. The molecule has 1 aliphatic rings. The maximum absolute atomic E-state index is 11.8. The summed E-state index contributed by atoms with van der Waals surface area (Å²) in [6.07, 6.45) is 1.22. The van der Waals surface area contributed by atoms with Crippen LogP contribution < -0.4 is 5.32 Å². The molecule has 0 fully saturated rings. The summed E-state index contributed by atoms with van der Waals surface area (Å²) in [5, 5.41) is 49.6. The Labute approximate surface area is 170 Å². The molecule has 12 nitrogen and oxygen atoms in total. The van der Waals surface area contributed by atoms with Crippen LogP contribution in [0.4, 0.5) is 0 Å². The number of amides is 1. The second-order valence-corrected chi connectivity index (χ2v) is 6.70. The molecule has 5 atom stereocenters. The Morgan fingerprint density at radius 3 is 2.73 bits per heavy atom. The predicted molar refractivity (Wildman–Crippen MR) is 99.6 cm³/mol. The molecule has 2 aromatic rings. The van der Waals surface area contributed by atoms with Crippen LogP contribution in [-0.2, 0) is 14.3 Å². The fourth-order valence-electron chi connectivity index (χ4n) is 3.16. The van der Waals surface area contributed by atoms with Crippen molar-refractivity contribution in [2.24, 2.45) is 0 Å². The van der Waals surface area contributed by atoms with Crippen LogP contribution in [0.3, 0.4) is 0 Å². The molecule has 5 N–H and O–H groups in total. The van der Waals surface area contributed by atoms with Crippen LogP contribution >= 0.6 is 0 Å². The second-order valence-electron chi connectivity index (χ2n) is 6.70. The molecule has 160 valence electrons. The number of carbonyl (C=O) groups is 2. The zero-order valence-electron chi connectivity index (χ0n) is 15.9. The molecule has 30 heavy (non-hydrogen) atoms. The van der Waals surface area contributed by atoms with Gasteiger partial charge in [-0.15, -0.1) is 5.10 Å². The number of ether oxygens (including phenoxy) is 1. The zero-order valence-corrected chi connectivity index (χ0v) is 15.9. The van der Waals surface area contributed by atoms with Crippen molar-refractivity contribution >= 4 is 11.9 Å². The van der Waals surface area contributed by atoms with Crippen molar-refractivity contribution in [1.82, 2.24) is 25.3 Å².